The highest BCUT2D eigenvalue weighted by molar-refractivity contribution is 6.31. The molecule has 5 heteroatoms. The summed E-state index contributed by atoms with van der Waals surface area (Å²) in [7, 11) is 1.86. The quantitative estimate of drug-likeness (QED) is 0.876. The van der Waals surface area contributed by atoms with Crippen LogP contribution >= 0.6 is 11.6 Å². The highest BCUT2D eigenvalue weighted by Crippen LogP contribution is 2.18. The van der Waals surface area contributed by atoms with E-state index in [0.29, 0.717) is 36.1 Å². The van der Waals surface area contributed by atoms with Gasteiger partial charge in [0.15, 0.2) is 0 Å². The summed E-state index contributed by atoms with van der Waals surface area (Å²) in [5, 5.41) is 12.2. The minimum Gasteiger partial charge on any atom is -0.355 e. The Labute approximate surface area is 125 Å². The minimum absolute atomic E-state index is 0.00553. The second kappa shape index (κ2) is 7.88. The average Bonchev–Trinajstić information content (AvgIpc) is 2.38. The molecule has 108 valence electrons. The Hall–Kier alpha value is -1.57. The molecule has 0 atom stereocenters. The Balaban J connectivity index is 2.52. The normalized spacial score (nSPS) is 10.7. The van der Waals surface area contributed by atoms with Gasteiger partial charge in [0.25, 0.3) is 0 Å². The first-order valence-corrected chi connectivity index (χ1v) is 6.94. The molecule has 0 aliphatic carbocycles. The fraction of sp³-hybridized carbons (Fsp3) is 0.467. The van der Waals surface area contributed by atoms with E-state index in [1.165, 1.54) is 0 Å². The number of nitriles is 1. The van der Waals surface area contributed by atoms with Crippen LogP contribution in [-0.2, 0) is 11.3 Å². The topological polar surface area (TPSA) is 56.1 Å². The summed E-state index contributed by atoms with van der Waals surface area (Å²) in [6.07, 6.45) is 0. The zero-order valence-corrected chi connectivity index (χ0v) is 12.9. The molecule has 1 amide bonds. The molecule has 0 bridgehead atoms. The number of likely N-dealkylation sites (N-methyl/N-ethyl adjacent to an activating group) is 1. The van der Waals surface area contributed by atoms with Crippen LogP contribution in [0.2, 0.25) is 5.02 Å². The average molecular weight is 294 g/mol. The van der Waals surface area contributed by atoms with Gasteiger partial charge >= 0.3 is 0 Å². The van der Waals surface area contributed by atoms with Gasteiger partial charge in [-0.25, -0.2) is 0 Å². The third-order valence-corrected chi connectivity index (χ3v) is 3.10. The Bertz CT molecular complexity index is 508. The molecule has 1 aromatic rings. The van der Waals surface area contributed by atoms with Gasteiger partial charge in [-0.3, -0.25) is 9.69 Å². The van der Waals surface area contributed by atoms with Gasteiger partial charge in [0, 0.05) is 18.1 Å². The van der Waals surface area contributed by atoms with Crippen molar-refractivity contribution in [2.45, 2.75) is 20.4 Å². The number of nitrogens with zero attached hydrogens (tertiary/aromatic N) is 2. The molecule has 0 saturated carbocycles. The molecule has 20 heavy (non-hydrogen) atoms. The standard InChI is InChI=1S/C15H20ClN3O/c1-11(2)8-18-15(20)10-19(3)9-13-5-4-12(7-17)6-14(13)16/h4-6,11H,8-10H2,1-3H3,(H,18,20). The minimum atomic E-state index is 0.00553. The maximum Gasteiger partial charge on any atom is 0.234 e. The Kier molecular flexibility index (Phi) is 6.50. The number of carbonyl (C=O) groups is 1. The molecule has 1 aromatic carbocycles. The molecule has 0 saturated heterocycles. The fourth-order valence-electron chi connectivity index (χ4n) is 1.71. The predicted octanol–water partition coefficient (Wildman–Crippen LogP) is 2.42. The van der Waals surface area contributed by atoms with Crippen molar-refractivity contribution in [2.24, 2.45) is 5.92 Å². The maximum absolute atomic E-state index is 11.7. The lowest BCUT2D eigenvalue weighted by atomic mass is 10.1. The van der Waals surface area contributed by atoms with E-state index in [1.54, 1.807) is 12.1 Å². The van der Waals surface area contributed by atoms with E-state index in [0.717, 1.165) is 5.56 Å². The number of hydrogen-bond acceptors (Lipinski definition) is 3. The molecule has 1 N–H and O–H groups in total. The highest BCUT2D eigenvalue weighted by Gasteiger charge is 2.09. The van der Waals surface area contributed by atoms with Gasteiger partial charge < -0.3 is 5.32 Å². The summed E-state index contributed by atoms with van der Waals surface area (Å²) in [4.78, 5) is 13.6. The van der Waals surface area contributed by atoms with Gasteiger partial charge in [-0.1, -0.05) is 31.5 Å². The summed E-state index contributed by atoms with van der Waals surface area (Å²) >= 11 is 6.11. The van der Waals surface area contributed by atoms with Gasteiger partial charge in [0.1, 0.15) is 0 Å². The summed E-state index contributed by atoms with van der Waals surface area (Å²) in [6, 6.07) is 7.24. The molecule has 0 unspecified atom stereocenters. The summed E-state index contributed by atoms with van der Waals surface area (Å²) in [5.74, 6) is 0.447. The summed E-state index contributed by atoms with van der Waals surface area (Å²) in [5.41, 5.74) is 1.45. The van der Waals surface area contributed by atoms with Gasteiger partial charge in [0.2, 0.25) is 5.91 Å². The van der Waals surface area contributed by atoms with Crippen molar-refractivity contribution >= 4 is 17.5 Å². The van der Waals surface area contributed by atoms with E-state index in [-0.39, 0.29) is 5.91 Å². The Morgan fingerprint density at radius 3 is 2.75 bits per heavy atom. The second-order valence-corrected chi connectivity index (χ2v) is 5.70. The van der Waals surface area contributed by atoms with Crippen LogP contribution in [0.1, 0.15) is 25.0 Å². The van der Waals surface area contributed by atoms with Crippen LogP contribution in [0.3, 0.4) is 0 Å². The number of carbonyl (C=O) groups excluding carboxylic acids is 1. The molecule has 0 radical (unpaired) electrons. The molecular formula is C15H20ClN3O. The van der Waals surface area contributed by atoms with E-state index < -0.39 is 0 Å². The van der Waals surface area contributed by atoms with Crippen molar-refractivity contribution in [3.63, 3.8) is 0 Å². The number of benzene rings is 1. The lowest BCUT2D eigenvalue weighted by Crippen LogP contribution is -2.36. The first-order chi connectivity index (χ1) is 9.42. The van der Waals surface area contributed by atoms with Crippen molar-refractivity contribution in [3.8, 4) is 6.07 Å². The van der Waals surface area contributed by atoms with Gasteiger partial charge in [-0.15, -0.1) is 0 Å². The number of amides is 1. The maximum atomic E-state index is 11.7. The molecule has 0 aromatic heterocycles. The van der Waals surface area contributed by atoms with E-state index in [1.807, 2.05) is 24.1 Å². The zero-order chi connectivity index (χ0) is 15.1. The predicted molar refractivity (Wildman–Crippen MR) is 80.3 cm³/mol. The summed E-state index contributed by atoms with van der Waals surface area (Å²) < 4.78 is 0. The van der Waals surface area contributed by atoms with E-state index in [9.17, 15) is 4.79 Å². The van der Waals surface area contributed by atoms with Crippen LogP contribution in [-0.4, -0.2) is 30.9 Å². The van der Waals surface area contributed by atoms with Gasteiger partial charge in [-0.05, 0) is 30.7 Å². The monoisotopic (exact) mass is 293 g/mol. The Morgan fingerprint density at radius 1 is 1.50 bits per heavy atom. The second-order valence-electron chi connectivity index (χ2n) is 5.29. The van der Waals surface area contributed by atoms with Crippen LogP contribution in [0.4, 0.5) is 0 Å². The van der Waals surface area contributed by atoms with Gasteiger partial charge in [-0.2, -0.15) is 5.26 Å². The van der Waals surface area contributed by atoms with Crippen LogP contribution in [0.15, 0.2) is 18.2 Å². The molecule has 0 aliphatic heterocycles. The number of halogens is 1. The molecule has 0 heterocycles. The van der Waals surface area contributed by atoms with Crippen molar-refractivity contribution < 1.29 is 4.79 Å². The number of hydrogen-bond donors (Lipinski definition) is 1. The zero-order valence-electron chi connectivity index (χ0n) is 12.1. The lowest BCUT2D eigenvalue weighted by Gasteiger charge is -2.17. The van der Waals surface area contributed by atoms with Crippen LogP contribution in [0, 0.1) is 17.2 Å². The van der Waals surface area contributed by atoms with Crippen molar-refractivity contribution in [3.05, 3.63) is 34.3 Å². The third-order valence-electron chi connectivity index (χ3n) is 2.74. The number of rotatable bonds is 6. The SMILES string of the molecule is CC(C)CNC(=O)CN(C)Cc1ccc(C#N)cc1Cl. The molecule has 0 fully saturated rings. The molecular weight excluding hydrogens is 274 g/mol. The smallest absolute Gasteiger partial charge is 0.234 e. The molecule has 0 aliphatic rings. The van der Waals surface area contributed by atoms with Crippen molar-refractivity contribution in [1.82, 2.24) is 10.2 Å². The first kappa shape index (κ1) is 16.5. The lowest BCUT2D eigenvalue weighted by molar-refractivity contribution is -0.122. The van der Waals surface area contributed by atoms with E-state index in [4.69, 9.17) is 16.9 Å². The molecule has 1 rings (SSSR count). The number of nitrogens with one attached hydrogen (secondary N) is 1. The van der Waals surface area contributed by atoms with Gasteiger partial charge in [0.05, 0.1) is 18.2 Å². The van der Waals surface area contributed by atoms with E-state index >= 15 is 0 Å². The molecule has 0 spiro atoms. The molecule has 4 nitrogen and oxygen atoms in total. The van der Waals surface area contributed by atoms with Crippen molar-refractivity contribution in [1.29, 1.82) is 5.26 Å². The van der Waals surface area contributed by atoms with Crippen LogP contribution in [0.5, 0.6) is 0 Å². The van der Waals surface area contributed by atoms with Crippen LogP contribution < -0.4 is 5.32 Å². The van der Waals surface area contributed by atoms with E-state index in [2.05, 4.69) is 19.2 Å². The third kappa shape index (κ3) is 5.60. The Morgan fingerprint density at radius 2 is 2.20 bits per heavy atom. The largest absolute Gasteiger partial charge is 0.355 e. The van der Waals surface area contributed by atoms with Crippen molar-refractivity contribution in [2.75, 3.05) is 20.1 Å². The van der Waals surface area contributed by atoms with Crippen LogP contribution in [0.25, 0.3) is 0 Å². The highest BCUT2D eigenvalue weighted by atomic mass is 35.5. The fourth-order valence-corrected chi connectivity index (χ4v) is 1.95. The summed E-state index contributed by atoms with van der Waals surface area (Å²) in [6.45, 7) is 5.69. The first-order valence-electron chi connectivity index (χ1n) is 6.56.